The molecule has 1 atom stereocenters. The first-order chi connectivity index (χ1) is 9.63. The van der Waals surface area contributed by atoms with Gasteiger partial charge in [0.2, 0.25) is 11.9 Å². The van der Waals surface area contributed by atoms with Crippen molar-refractivity contribution in [3.05, 3.63) is 0 Å². The van der Waals surface area contributed by atoms with Gasteiger partial charge in [0.25, 0.3) is 0 Å². The molecule has 1 aliphatic rings. The molecular weight excluding hydrogens is 258 g/mol. The Morgan fingerprint density at radius 2 is 2.20 bits per heavy atom. The largest absolute Gasteiger partial charge is 0.461 e. The van der Waals surface area contributed by atoms with Crippen LogP contribution in [-0.2, 0) is 4.74 Å². The fraction of sp³-hybridized carbons (Fsp3) is 0.769. The van der Waals surface area contributed by atoms with Gasteiger partial charge in [-0.3, -0.25) is 0 Å². The van der Waals surface area contributed by atoms with Crippen molar-refractivity contribution < 1.29 is 9.47 Å². The summed E-state index contributed by atoms with van der Waals surface area (Å²) >= 11 is 0. The van der Waals surface area contributed by atoms with Crippen LogP contribution in [0.5, 0.6) is 6.01 Å². The monoisotopic (exact) mass is 281 g/mol. The molecular formula is C13H23N5O2. The van der Waals surface area contributed by atoms with Crippen molar-refractivity contribution >= 4 is 11.9 Å². The number of nitrogens with zero attached hydrogens (tertiary/aromatic N) is 3. The first-order valence-electron chi connectivity index (χ1n) is 7.17. The Hall–Kier alpha value is -1.63. The van der Waals surface area contributed by atoms with Gasteiger partial charge in [0.05, 0.1) is 12.2 Å². The minimum atomic E-state index is 0.000267. The molecule has 0 aliphatic carbocycles. The van der Waals surface area contributed by atoms with E-state index in [-0.39, 0.29) is 18.1 Å². The van der Waals surface area contributed by atoms with Gasteiger partial charge in [0.1, 0.15) is 0 Å². The van der Waals surface area contributed by atoms with Crippen LogP contribution < -0.4 is 15.8 Å². The molecule has 0 spiro atoms. The second-order valence-corrected chi connectivity index (χ2v) is 5.17. The highest BCUT2D eigenvalue weighted by atomic mass is 16.5. The zero-order valence-electron chi connectivity index (χ0n) is 12.1. The summed E-state index contributed by atoms with van der Waals surface area (Å²) in [6.45, 7) is 5.44. The summed E-state index contributed by atoms with van der Waals surface area (Å²) in [6, 6.07) is 0.254. The second-order valence-electron chi connectivity index (χ2n) is 5.17. The highest BCUT2D eigenvalue weighted by molar-refractivity contribution is 5.32. The number of nitrogens with one attached hydrogen (secondary N) is 1. The summed E-state index contributed by atoms with van der Waals surface area (Å²) in [7, 11) is 0. The van der Waals surface area contributed by atoms with Crippen LogP contribution in [0.1, 0.15) is 39.5 Å². The van der Waals surface area contributed by atoms with Gasteiger partial charge in [-0.2, -0.15) is 15.0 Å². The number of ether oxygens (including phenoxy) is 2. The van der Waals surface area contributed by atoms with E-state index in [4.69, 9.17) is 15.2 Å². The van der Waals surface area contributed by atoms with Gasteiger partial charge >= 0.3 is 6.01 Å². The summed E-state index contributed by atoms with van der Waals surface area (Å²) in [4.78, 5) is 12.2. The molecule has 2 rings (SSSR count). The lowest BCUT2D eigenvalue weighted by atomic mass is 10.1. The summed E-state index contributed by atoms with van der Waals surface area (Å²) in [5, 5.41) is 3.14. The first kappa shape index (κ1) is 14.8. The van der Waals surface area contributed by atoms with E-state index in [1.54, 1.807) is 0 Å². The van der Waals surface area contributed by atoms with Crippen molar-refractivity contribution in [2.24, 2.45) is 0 Å². The number of hydrogen-bond donors (Lipinski definition) is 2. The Balaban J connectivity index is 1.83. The lowest BCUT2D eigenvalue weighted by Crippen LogP contribution is -2.22. The molecule has 0 aromatic carbocycles. The van der Waals surface area contributed by atoms with E-state index in [9.17, 15) is 0 Å². The maximum absolute atomic E-state index is 5.67. The third-order valence-electron chi connectivity index (χ3n) is 3.00. The first-order valence-corrected chi connectivity index (χ1v) is 7.17. The predicted molar refractivity (Wildman–Crippen MR) is 76.7 cm³/mol. The Morgan fingerprint density at radius 1 is 1.35 bits per heavy atom. The molecule has 1 aromatic heterocycles. The number of nitrogens with two attached hydrogens (primary N) is 1. The van der Waals surface area contributed by atoms with E-state index in [0.29, 0.717) is 12.1 Å². The highest BCUT2D eigenvalue weighted by Gasteiger charge is 2.13. The van der Waals surface area contributed by atoms with Crippen LogP contribution in [0.15, 0.2) is 0 Å². The minimum absolute atomic E-state index is 0.000267. The van der Waals surface area contributed by atoms with Crippen LogP contribution in [0.25, 0.3) is 0 Å². The second kappa shape index (κ2) is 7.23. The molecule has 7 heteroatoms. The predicted octanol–water partition coefficient (Wildman–Crippen LogP) is 1.61. The molecule has 1 unspecified atom stereocenters. The number of aromatic nitrogens is 3. The maximum Gasteiger partial charge on any atom is 0.323 e. The Bertz CT molecular complexity index is 421. The quantitative estimate of drug-likeness (QED) is 0.817. The van der Waals surface area contributed by atoms with Crippen molar-refractivity contribution in [3.8, 4) is 6.01 Å². The van der Waals surface area contributed by atoms with Gasteiger partial charge in [0.15, 0.2) is 0 Å². The topological polar surface area (TPSA) is 95.2 Å². The van der Waals surface area contributed by atoms with Gasteiger partial charge in [0, 0.05) is 13.2 Å². The normalized spacial score (nSPS) is 19.1. The van der Waals surface area contributed by atoms with Gasteiger partial charge < -0.3 is 20.5 Å². The SMILES string of the molecule is CC(C)Oc1nc(N)nc(NCCC2CCCCO2)n1. The third-order valence-corrected chi connectivity index (χ3v) is 3.00. The van der Waals surface area contributed by atoms with Crippen LogP contribution in [-0.4, -0.2) is 40.3 Å². The van der Waals surface area contributed by atoms with Crippen molar-refractivity contribution in [2.45, 2.75) is 51.7 Å². The van der Waals surface area contributed by atoms with E-state index in [2.05, 4.69) is 20.3 Å². The van der Waals surface area contributed by atoms with Crippen molar-refractivity contribution in [1.82, 2.24) is 15.0 Å². The van der Waals surface area contributed by atoms with Crippen molar-refractivity contribution in [2.75, 3.05) is 24.2 Å². The van der Waals surface area contributed by atoms with E-state index < -0.39 is 0 Å². The Labute approximate surface area is 119 Å². The lowest BCUT2D eigenvalue weighted by molar-refractivity contribution is 0.0134. The molecule has 0 radical (unpaired) electrons. The fourth-order valence-corrected chi connectivity index (χ4v) is 2.09. The van der Waals surface area contributed by atoms with E-state index >= 15 is 0 Å². The average Bonchev–Trinajstić information content (AvgIpc) is 2.38. The average molecular weight is 281 g/mol. The number of anilines is 2. The molecule has 1 fully saturated rings. The molecule has 0 saturated carbocycles. The minimum Gasteiger partial charge on any atom is -0.461 e. The fourth-order valence-electron chi connectivity index (χ4n) is 2.09. The van der Waals surface area contributed by atoms with Gasteiger partial charge in [-0.15, -0.1) is 0 Å². The molecule has 1 saturated heterocycles. The number of nitrogen functional groups attached to an aromatic ring is 1. The zero-order chi connectivity index (χ0) is 14.4. The van der Waals surface area contributed by atoms with E-state index in [1.807, 2.05) is 13.8 Å². The van der Waals surface area contributed by atoms with E-state index in [0.717, 1.165) is 26.0 Å². The number of rotatable bonds is 6. The molecule has 1 aliphatic heterocycles. The molecule has 20 heavy (non-hydrogen) atoms. The molecule has 112 valence electrons. The molecule has 1 aromatic rings. The maximum atomic E-state index is 5.67. The van der Waals surface area contributed by atoms with Crippen molar-refractivity contribution in [3.63, 3.8) is 0 Å². The van der Waals surface area contributed by atoms with Crippen LogP contribution in [0, 0.1) is 0 Å². The van der Waals surface area contributed by atoms with Gasteiger partial charge in [-0.25, -0.2) is 0 Å². The smallest absolute Gasteiger partial charge is 0.323 e. The van der Waals surface area contributed by atoms with E-state index in [1.165, 1.54) is 12.8 Å². The van der Waals surface area contributed by atoms with Crippen LogP contribution in [0.2, 0.25) is 0 Å². The van der Waals surface area contributed by atoms with Crippen LogP contribution in [0.3, 0.4) is 0 Å². The Kier molecular flexibility index (Phi) is 5.34. The zero-order valence-corrected chi connectivity index (χ0v) is 12.1. The third kappa shape index (κ3) is 4.80. The lowest BCUT2D eigenvalue weighted by Gasteiger charge is -2.22. The Morgan fingerprint density at radius 3 is 2.90 bits per heavy atom. The van der Waals surface area contributed by atoms with Gasteiger partial charge in [-0.05, 0) is 39.5 Å². The summed E-state index contributed by atoms with van der Waals surface area (Å²) in [5.74, 6) is 0.607. The molecule has 0 bridgehead atoms. The summed E-state index contributed by atoms with van der Waals surface area (Å²) in [6.07, 6.45) is 4.82. The molecule has 0 amide bonds. The summed E-state index contributed by atoms with van der Waals surface area (Å²) in [5.41, 5.74) is 5.64. The number of hydrogen-bond acceptors (Lipinski definition) is 7. The standard InChI is InChI=1S/C13H23N5O2/c1-9(2)20-13-17-11(14)16-12(18-13)15-7-6-10-5-3-4-8-19-10/h9-10H,3-8H2,1-2H3,(H3,14,15,16,17,18). The molecule has 7 nitrogen and oxygen atoms in total. The molecule has 3 N–H and O–H groups in total. The van der Waals surface area contributed by atoms with Crippen LogP contribution in [0.4, 0.5) is 11.9 Å². The van der Waals surface area contributed by atoms with Crippen LogP contribution >= 0.6 is 0 Å². The summed E-state index contributed by atoms with van der Waals surface area (Å²) < 4.78 is 11.1. The molecule has 2 heterocycles. The van der Waals surface area contributed by atoms with Crippen molar-refractivity contribution in [1.29, 1.82) is 0 Å². The highest BCUT2D eigenvalue weighted by Crippen LogP contribution is 2.16. The van der Waals surface area contributed by atoms with Gasteiger partial charge in [-0.1, -0.05) is 0 Å².